The van der Waals surface area contributed by atoms with Crippen LogP contribution in [-0.2, 0) is 0 Å². The summed E-state index contributed by atoms with van der Waals surface area (Å²) in [6.07, 6.45) is -3.47. The number of halogens is 3. The molecule has 0 saturated carbocycles. The Morgan fingerprint density at radius 1 is 1.29 bits per heavy atom. The van der Waals surface area contributed by atoms with Crippen LogP contribution in [0.3, 0.4) is 0 Å². The van der Waals surface area contributed by atoms with Crippen molar-refractivity contribution in [1.82, 2.24) is 9.80 Å². The van der Waals surface area contributed by atoms with Crippen LogP contribution in [0.2, 0.25) is 0 Å². The average Bonchev–Trinajstić information content (AvgIpc) is 2.37. The fraction of sp³-hybridized carbons (Fsp3) is 0.900. The van der Waals surface area contributed by atoms with E-state index in [0.717, 1.165) is 19.5 Å². The summed E-state index contributed by atoms with van der Waals surface area (Å²) in [7, 11) is 1.97. The molecule has 1 aliphatic heterocycles. The van der Waals surface area contributed by atoms with E-state index < -0.39 is 17.1 Å². The van der Waals surface area contributed by atoms with Crippen LogP contribution < -0.4 is 5.73 Å². The van der Waals surface area contributed by atoms with Gasteiger partial charge in [-0.05, 0) is 26.6 Å². The van der Waals surface area contributed by atoms with Crippen LogP contribution in [-0.4, -0.2) is 60.7 Å². The van der Waals surface area contributed by atoms with E-state index in [0.29, 0.717) is 13.1 Å². The number of hydrogen-bond donors (Lipinski definition) is 1. The molecule has 7 heteroatoms. The molecule has 0 amide bonds. The van der Waals surface area contributed by atoms with Gasteiger partial charge in [0, 0.05) is 19.6 Å². The van der Waals surface area contributed by atoms with Crippen molar-refractivity contribution >= 4 is 17.2 Å². The van der Waals surface area contributed by atoms with Gasteiger partial charge in [0.1, 0.15) is 5.92 Å². The quantitative estimate of drug-likeness (QED) is 0.777. The van der Waals surface area contributed by atoms with Gasteiger partial charge in [0.2, 0.25) is 0 Å². The predicted molar refractivity (Wildman–Crippen MR) is 64.9 cm³/mol. The minimum Gasteiger partial charge on any atom is -0.393 e. The fourth-order valence-corrected chi connectivity index (χ4v) is 2.10. The normalized spacial score (nSPS) is 22.1. The monoisotopic (exact) mass is 269 g/mol. The minimum absolute atomic E-state index is 0.118. The van der Waals surface area contributed by atoms with Crippen LogP contribution in [0.4, 0.5) is 13.2 Å². The molecule has 1 saturated heterocycles. The molecule has 1 heterocycles. The summed E-state index contributed by atoms with van der Waals surface area (Å²) < 4.78 is 38.1. The summed E-state index contributed by atoms with van der Waals surface area (Å²) >= 11 is 4.51. The van der Waals surface area contributed by atoms with Crippen LogP contribution in [0.25, 0.3) is 0 Å². The molecule has 2 N–H and O–H groups in total. The van der Waals surface area contributed by atoms with E-state index in [2.05, 4.69) is 17.1 Å². The lowest BCUT2D eigenvalue weighted by atomic mass is 10.1. The number of thiocarbonyl (C=S) groups is 1. The van der Waals surface area contributed by atoms with Crippen molar-refractivity contribution in [3.63, 3.8) is 0 Å². The Balaban J connectivity index is 2.58. The third-order valence-electron chi connectivity index (χ3n) is 2.99. The van der Waals surface area contributed by atoms with E-state index in [1.165, 1.54) is 0 Å². The highest BCUT2D eigenvalue weighted by atomic mass is 32.1. The molecule has 1 fully saturated rings. The molecule has 0 aromatic heterocycles. The summed E-state index contributed by atoms with van der Waals surface area (Å²) in [6, 6.07) is 0. The SMILES string of the molecule is CN1CCCN(CC(C(N)=S)C(F)(F)F)CC1. The van der Waals surface area contributed by atoms with Crippen molar-refractivity contribution < 1.29 is 13.2 Å². The van der Waals surface area contributed by atoms with Crippen molar-refractivity contribution in [2.24, 2.45) is 11.7 Å². The zero-order valence-electron chi connectivity index (χ0n) is 9.83. The van der Waals surface area contributed by atoms with Crippen molar-refractivity contribution in [3.05, 3.63) is 0 Å². The first-order valence-corrected chi connectivity index (χ1v) is 5.98. The molecule has 0 radical (unpaired) electrons. The molecule has 1 aliphatic rings. The molecule has 3 nitrogen and oxygen atoms in total. The second-order valence-electron chi connectivity index (χ2n) is 4.45. The Hall–Kier alpha value is -0.400. The van der Waals surface area contributed by atoms with E-state index in [-0.39, 0.29) is 6.54 Å². The van der Waals surface area contributed by atoms with Crippen molar-refractivity contribution in [2.75, 3.05) is 39.8 Å². The molecule has 1 rings (SSSR count). The lowest BCUT2D eigenvalue weighted by Gasteiger charge is -2.27. The van der Waals surface area contributed by atoms with Gasteiger partial charge in [0.05, 0.1) is 4.99 Å². The second kappa shape index (κ2) is 5.97. The Morgan fingerprint density at radius 3 is 2.47 bits per heavy atom. The minimum atomic E-state index is -4.34. The smallest absolute Gasteiger partial charge is 0.393 e. The second-order valence-corrected chi connectivity index (χ2v) is 4.93. The fourth-order valence-electron chi connectivity index (χ4n) is 1.90. The van der Waals surface area contributed by atoms with Crippen LogP contribution in [0, 0.1) is 5.92 Å². The Bertz CT molecular complexity index is 270. The first-order valence-electron chi connectivity index (χ1n) is 5.57. The van der Waals surface area contributed by atoms with E-state index in [1.807, 2.05) is 7.05 Å². The molecular weight excluding hydrogens is 251 g/mol. The zero-order valence-corrected chi connectivity index (χ0v) is 10.7. The van der Waals surface area contributed by atoms with Gasteiger partial charge >= 0.3 is 6.18 Å². The molecule has 1 atom stereocenters. The van der Waals surface area contributed by atoms with Crippen LogP contribution in [0.1, 0.15) is 6.42 Å². The Morgan fingerprint density at radius 2 is 1.94 bits per heavy atom. The number of alkyl halides is 3. The van der Waals surface area contributed by atoms with Crippen LogP contribution in [0.15, 0.2) is 0 Å². The van der Waals surface area contributed by atoms with Gasteiger partial charge in [0.25, 0.3) is 0 Å². The van der Waals surface area contributed by atoms with Gasteiger partial charge < -0.3 is 15.5 Å². The number of rotatable bonds is 3. The molecule has 0 bridgehead atoms. The van der Waals surface area contributed by atoms with Crippen molar-refractivity contribution in [2.45, 2.75) is 12.6 Å². The maximum absolute atomic E-state index is 12.7. The standard InChI is InChI=1S/C10H18F3N3S/c1-15-3-2-4-16(6-5-15)7-8(9(14)17)10(11,12)13/h8H,2-7H2,1H3,(H2,14,17). The Labute approximate surface area is 105 Å². The molecule has 0 aromatic carbocycles. The third-order valence-corrected chi connectivity index (χ3v) is 3.28. The maximum atomic E-state index is 12.7. The van der Waals surface area contributed by atoms with Crippen molar-refractivity contribution in [3.8, 4) is 0 Å². The zero-order chi connectivity index (χ0) is 13.1. The number of likely N-dealkylation sites (N-methyl/N-ethyl adjacent to an activating group) is 1. The maximum Gasteiger partial charge on any atom is 0.399 e. The highest BCUT2D eigenvalue weighted by Gasteiger charge is 2.42. The van der Waals surface area contributed by atoms with Crippen LogP contribution >= 0.6 is 12.2 Å². The Kier molecular flexibility index (Phi) is 5.15. The summed E-state index contributed by atoms with van der Waals surface area (Å²) in [4.78, 5) is 3.44. The van der Waals surface area contributed by atoms with Crippen molar-refractivity contribution in [1.29, 1.82) is 0 Å². The molecule has 17 heavy (non-hydrogen) atoms. The number of nitrogens with zero attached hydrogens (tertiary/aromatic N) is 2. The lowest BCUT2D eigenvalue weighted by Crippen LogP contribution is -2.44. The number of hydrogen-bond acceptors (Lipinski definition) is 3. The van der Waals surface area contributed by atoms with Gasteiger partial charge in [0.15, 0.2) is 0 Å². The first-order chi connectivity index (χ1) is 7.80. The molecular formula is C10H18F3N3S. The summed E-state index contributed by atoms with van der Waals surface area (Å²) in [5.41, 5.74) is 5.18. The lowest BCUT2D eigenvalue weighted by molar-refractivity contribution is -0.159. The highest BCUT2D eigenvalue weighted by Crippen LogP contribution is 2.27. The molecule has 0 aliphatic carbocycles. The summed E-state index contributed by atoms with van der Waals surface area (Å²) in [5, 5.41) is 0. The summed E-state index contributed by atoms with van der Waals surface area (Å²) in [6.45, 7) is 2.88. The first kappa shape index (κ1) is 14.7. The van der Waals surface area contributed by atoms with E-state index >= 15 is 0 Å². The predicted octanol–water partition coefficient (Wildman–Crippen LogP) is 1.09. The molecule has 0 spiro atoms. The van der Waals surface area contributed by atoms with Gasteiger partial charge in [-0.1, -0.05) is 12.2 Å². The molecule has 0 aromatic rings. The largest absolute Gasteiger partial charge is 0.399 e. The van der Waals surface area contributed by atoms with E-state index in [4.69, 9.17) is 5.73 Å². The molecule has 100 valence electrons. The van der Waals surface area contributed by atoms with Gasteiger partial charge in [-0.15, -0.1) is 0 Å². The number of nitrogens with two attached hydrogens (primary N) is 1. The third kappa shape index (κ3) is 4.77. The van der Waals surface area contributed by atoms with Gasteiger partial charge in [-0.2, -0.15) is 13.2 Å². The molecule has 1 unspecified atom stereocenters. The van der Waals surface area contributed by atoms with E-state index in [1.54, 1.807) is 4.90 Å². The van der Waals surface area contributed by atoms with E-state index in [9.17, 15) is 13.2 Å². The summed E-state index contributed by atoms with van der Waals surface area (Å²) in [5.74, 6) is -1.69. The van der Waals surface area contributed by atoms with Crippen LogP contribution in [0.5, 0.6) is 0 Å². The van der Waals surface area contributed by atoms with Gasteiger partial charge in [-0.3, -0.25) is 0 Å². The topological polar surface area (TPSA) is 32.5 Å². The van der Waals surface area contributed by atoms with Gasteiger partial charge in [-0.25, -0.2) is 0 Å². The average molecular weight is 269 g/mol. The highest BCUT2D eigenvalue weighted by molar-refractivity contribution is 7.80.